The molecule has 0 unspecified atom stereocenters. The Kier molecular flexibility index (Phi) is 6.20. The zero-order chi connectivity index (χ0) is 17.6. The number of likely N-dealkylation sites (tertiary alicyclic amines) is 1. The van der Waals surface area contributed by atoms with Gasteiger partial charge in [0.05, 0.1) is 18.8 Å². The molecule has 1 N–H and O–H groups in total. The molecule has 7 heteroatoms. The highest BCUT2D eigenvalue weighted by Gasteiger charge is 2.22. The highest BCUT2D eigenvalue weighted by atomic mass is 16.5. The lowest BCUT2D eigenvalue weighted by atomic mass is 9.97. The number of piperidine rings is 1. The van der Waals surface area contributed by atoms with E-state index in [1.54, 1.807) is 12.4 Å². The Bertz CT molecular complexity index is 557. The zero-order valence-corrected chi connectivity index (χ0v) is 15.3. The Morgan fingerprint density at radius 3 is 2.68 bits per heavy atom. The van der Waals surface area contributed by atoms with Gasteiger partial charge in [-0.1, -0.05) is 0 Å². The van der Waals surface area contributed by atoms with Crippen LogP contribution in [0.25, 0.3) is 0 Å². The first-order valence-electron chi connectivity index (χ1n) is 9.30. The Morgan fingerprint density at radius 1 is 1.28 bits per heavy atom. The standard InChI is InChI=1S/C18H29N5O2/c1-14(2)23-5-3-4-15(13-23)10-19-17(24)16-11-20-18(21-12-16)22-6-8-25-9-7-22/h11-12,14-15H,3-10,13H2,1-2H3,(H,19,24)/t15-/m0/s1. The van der Waals surface area contributed by atoms with Gasteiger partial charge < -0.3 is 19.9 Å². The quantitative estimate of drug-likeness (QED) is 0.862. The van der Waals surface area contributed by atoms with Crippen LogP contribution in [-0.2, 0) is 4.74 Å². The van der Waals surface area contributed by atoms with Crippen molar-refractivity contribution < 1.29 is 9.53 Å². The predicted molar refractivity (Wildman–Crippen MR) is 96.8 cm³/mol. The molecule has 3 rings (SSSR count). The Labute approximate surface area is 149 Å². The van der Waals surface area contributed by atoms with Gasteiger partial charge in [0, 0.05) is 44.6 Å². The summed E-state index contributed by atoms with van der Waals surface area (Å²) in [4.78, 5) is 25.6. The van der Waals surface area contributed by atoms with E-state index < -0.39 is 0 Å². The van der Waals surface area contributed by atoms with E-state index in [9.17, 15) is 4.79 Å². The second-order valence-corrected chi connectivity index (χ2v) is 7.18. The third-order valence-corrected chi connectivity index (χ3v) is 5.03. The number of carbonyl (C=O) groups is 1. The third-order valence-electron chi connectivity index (χ3n) is 5.03. The maximum atomic E-state index is 12.4. The maximum absolute atomic E-state index is 12.4. The summed E-state index contributed by atoms with van der Waals surface area (Å²) in [5.74, 6) is 1.10. The first-order valence-corrected chi connectivity index (χ1v) is 9.30. The molecular formula is C18H29N5O2. The number of amides is 1. The van der Waals surface area contributed by atoms with Crippen molar-refractivity contribution in [2.45, 2.75) is 32.7 Å². The van der Waals surface area contributed by atoms with Crippen LogP contribution in [0.4, 0.5) is 5.95 Å². The molecule has 1 aromatic rings. The van der Waals surface area contributed by atoms with E-state index >= 15 is 0 Å². The van der Waals surface area contributed by atoms with Gasteiger partial charge in [-0.25, -0.2) is 9.97 Å². The molecule has 2 aliphatic rings. The summed E-state index contributed by atoms with van der Waals surface area (Å²) in [6, 6.07) is 0.569. The number of hydrogen-bond acceptors (Lipinski definition) is 6. The number of ether oxygens (including phenoxy) is 1. The molecule has 0 aromatic carbocycles. The molecule has 2 fully saturated rings. The van der Waals surface area contributed by atoms with E-state index in [1.807, 2.05) is 0 Å². The zero-order valence-electron chi connectivity index (χ0n) is 15.3. The van der Waals surface area contributed by atoms with Crippen LogP contribution in [0.2, 0.25) is 0 Å². The molecule has 1 aromatic heterocycles. The molecule has 0 radical (unpaired) electrons. The van der Waals surface area contributed by atoms with Gasteiger partial charge in [-0.2, -0.15) is 0 Å². The summed E-state index contributed by atoms with van der Waals surface area (Å²) in [6.07, 6.45) is 5.62. The lowest BCUT2D eigenvalue weighted by molar-refractivity contribution is 0.0922. The van der Waals surface area contributed by atoms with Gasteiger partial charge in [-0.05, 0) is 39.2 Å². The van der Waals surface area contributed by atoms with Crippen LogP contribution in [0.1, 0.15) is 37.0 Å². The van der Waals surface area contributed by atoms with E-state index in [0.29, 0.717) is 43.2 Å². The maximum Gasteiger partial charge on any atom is 0.254 e. The van der Waals surface area contributed by atoms with E-state index in [1.165, 1.54) is 19.4 Å². The molecule has 138 valence electrons. The fraction of sp³-hybridized carbons (Fsp3) is 0.722. The Balaban J connectivity index is 1.49. The Morgan fingerprint density at radius 2 is 2.00 bits per heavy atom. The van der Waals surface area contributed by atoms with Crippen molar-refractivity contribution in [1.29, 1.82) is 0 Å². The van der Waals surface area contributed by atoms with Gasteiger partial charge in [0.15, 0.2) is 0 Å². The van der Waals surface area contributed by atoms with Crippen LogP contribution < -0.4 is 10.2 Å². The van der Waals surface area contributed by atoms with E-state index in [4.69, 9.17) is 4.74 Å². The van der Waals surface area contributed by atoms with Crippen LogP contribution in [-0.4, -0.2) is 72.8 Å². The van der Waals surface area contributed by atoms with Gasteiger partial charge >= 0.3 is 0 Å². The van der Waals surface area contributed by atoms with Crippen molar-refractivity contribution >= 4 is 11.9 Å². The minimum atomic E-state index is -0.0878. The summed E-state index contributed by atoms with van der Waals surface area (Å²) in [5.41, 5.74) is 0.522. The number of carbonyl (C=O) groups excluding carboxylic acids is 1. The molecule has 2 saturated heterocycles. The molecule has 0 aliphatic carbocycles. The molecule has 3 heterocycles. The number of nitrogens with zero attached hydrogens (tertiary/aromatic N) is 4. The van der Waals surface area contributed by atoms with Crippen LogP contribution in [0.15, 0.2) is 12.4 Å². The van der Waals surface area contributed by atoms with Gasteiger partial charge in [0.2, 0.25) is 5.95 Å². The number of anilines is 1. The van der Waals surface area contributed by atoms with E-state index in [-0.39, 0.29) is 5.91 Å². The van der Waals surface area contributed by atoms with Crippen molar-refractivity contribution in [1.82, 2.24) is 20.2 Å². The molecule has 0 spiro atoms. The highest BCUT2D eigenvalue weighted by Crippen LogP contribution is 2.18. The van der Waals surface area contributed by atoms with Crippen molar-refractivity contribution in [2.75, 3.05) is 50.8 Å². The lowest BCUT2D eigenvalue weighted by Crippen LogP contribution is -2.43. The average Bonchev–Trinajstić information content (AvgIpc) is 2.67. The Hall–Kier alpha value is -1.73. The smallest absolute Gasteiger partial charge is 0.254 e. The molecule has 1 amide bonds. The summed E-state index contributed by atoms with van der Waals surface area (Å²) in [6.45, 7) is 10.4. The van der Waals surface area contributed by atoms with Crippen molar-refractivity contribution in [3.63, 3.8) is 0 Å². The summed E-state index contributed by atoms with van der Waals surface area (Å²) >= 11 is 0. The van der Waals surface area contributed by atoms with Crippen molar-refractivity contribution in [3.05, 3.63) is 18.0 Å². The second-order valence-electron chi connectivity index (χ2n) is 7.18. The molecule has 1 atom stereocenters. The van der Waals surface area contributed by atoms with E-state index in [2.05, 4.69) is 38.9 Å². The minimum Gasteiger partial charge on any atom is -0.378 e. The van der Waals surface area contributed by atoms with E-state index in [0.717, 1.165) is 19.6 Å². The van der Waals surface area contributed by atoms with Crippen LogP contribution in [0.3, 0.4) is 0 Å². The number of morpholine rings is 1. The molecule has 7 nitrogen and oxygen atoms in total. The molecule has 0 bridgehead atoms. The van der Waals surface area contributed by atoms with Gasteiger partial charge in [0.25, 0.3) is 5.91 Å². The van der Waals surface area contributed by atoms with Crippen molar-refractivity contribution in [2.24, 2.45) is 5.92 Å². The lowest BCUT2D eigenvalue weighted by Gasteiger charge is -2.35. The second kappa shape index (κ2) is 8.58. The summed E-state index contributed by atoms with van der Waals surface area (Å²) in [5, 5.41) is 3.05. The minimum absolute atomic E-state index is 0.0878. The first kappa shape index (κ1) is 18.1. The highest BCUT2D eigenvalue weighted by molar-refractivity contribution is 5.93. The number of hydrogen-bond donors (Lipinski definition) is 1. The summed E-state index contributed by atoms with van der Waals surface area (Å²) < 4.78 is 5.33. The van der Waals surface area contributed by atoms with Crippen LogP contribution >= 0.6 is 0 Å². The average molecular weight is 347 g/mol. The normalized spacial score (nSPS) is 22.2. The molecular weight excluding hydrogens is 318 g/mol. The van der Waals surface area contributed by atoms with Crippen LogP contribution in [0.5, 0.6) is 0 Å². The largest absolute Gasteiger partial charge is 0.378 e. The number of nitrogens with one attached hydrogen (secondary N) is 1. The predicted octanol–water partition coefficient (Wildman–Crippen LogP) is 1.16. The van der Waals surface area contributed by atoms with Crippen LogP contribution in [0, 0.1) is 5.92 Å². The summed E-state index contributed by atoms with van der Waals surface area (Å²) in [7, 11) is 0. The number of aromatic nitrogens is 2. The van der Waals surface area contributed by atoms with Crippen molar-refractivity contribution in [3.8, 4) is 0 Å². The third kappa shape index (κ3) is 4.89. The van der Waals surface area contributed by atoms with Gasteiger partial charge in [0.1, 0.15) is 0 Å². The fourth-order valence-corrected chi connectivity index (χ4v) is 3.44. The molecule has 0 saturated carbocycles. The topological polar surface area (TPSA) is 70.6 Å². The molecule has 25 heavy (non-hydrogen) atoms. The fourth-order valence-electron chi connectivity index (χ4n) is 3.44. The number of rotatable bonds is 5. The SMILES string of the molecule is CC(C)N1CCC[C@@H](CNC(=O)c2cnc(N3CCOCC3)nc2)C1. The van der Waals surface area contributed by atoms with Gasteiger partial charge in [-0.15, -0.1) is 0 Å². The monoisotopic (exact) mass is 347 g/mol. The molecule has 2 aliphatic heterocycles. The van der Waals surface area contributed by atoms with Gasteiger partial charge in [-0.3, -0.25) is 4.79 Å². The first-order chi connectivity index (χ1) is 12.1.